The lowest BCUT2D eigenvalue weighted by Gasteiger charge is -2.23. The van der Waals surface area contributed by atoms with Gasteiger partial charge in [0.25, 0.3) is 10.1 Å². The van der Waals surface area contributed by atoms with E-state index in [9.17, 15) is 13.2 Å². The Morgan fingerprint density at radius 2 is 1.68 bits per heavy atom. The molecular formula is C21H28N2O7S. The number of hydrogen-bond donors (Lipinski definition) is 2. The molecule has 0 radical (unpaired) electrons. The Kier molecular flexibility index (Phi) is 8.66. The first-order chi connectivity index (χ1) is 14.7. The first-order valence-electron chi connectivity index (χ1n) is 9.55. The second-order valence-corrected chi connectivity index (χ2v) is 8.26. The molecule has 2 aromatic carbocycles. The molecule has 0 saturated carbocycles. The van der Waals surface area contributed by atoms with Gasteiger partial charge in [0, 0.05) is 12.0 Å². The van der Waals surface area contributed by atoms with Gasteiger partial charge in [0.05, 0.1) is 27.1 Å². The molecule has 0 aliphatic rings. The number of benzene rings is 2. The van der Waals surface area contributed by atoms with Crippen molar-refractivity contribution >= 4 is 21.8 Å². The van der Waals surface area contributed by atoms with Crippen LogP contribution >= 0.6 is 0 Å². The Bertz CT molecular complexity index is 955. The highest BCUT2D eigenvalue weighted by Gasteiger charge is 2.25. The summed E-state index contributed by atoms with van der Waals surface area (Å²) in [6.07, 6.45) is 0.0203. The van der Waals surface area contributed by atoms with E-state index in [1.807, 2.05) is 30.3 Å². The van der Waals surface area contributed by atoms with Crippen molar-refractivity contribution in [1.29, 1.82) is 0 Å². The number of rotatable bonds is 11. The first kappa shape index (κ1) is 24.4. The zero-order valence-electron chi connectivity index (χ0n) is 18.0. The van der Waals surface area contributed by atoms with Gasteiger partial charge in [-0.25, -0.2) is 8.98 Å². The number of esters is 1. The molecule has 0 heterocycles. The van der Waals surface area contributed by atoms with Crippen molar-refractivity contribution in [1.82, 2.24) is 0 Å². The maximum Gasteiger partial charge on any atom is 0.328 e. The summed E-state index contributed by atoms with van der Waals surface area (Å²) in [6.45, 7) is 1.97. The molecule has 0 amide bonds. The van der Waals surface area contributed by atoms with Crippen molar-refractivity contribution in [3.63, 3.8) is 0 Å². The van der Waals surface area contributed by atoms with Crippen LogP contribution < -0.4 is 20.5 Å². The second kappa shape index (κ2) is 11.0. The SMILES string of the molecule is CCOC(=O)[C@H](Cc1ccccc1)Nc1c(OC)cc(C(N)OS(C)(=O)=O)cc1OC. The van der Waals surface area contributed by atoms with E-state index in [4.69, 9.17) is 24.1 Å². The van der Waals surface area contributed by atoms with E-state index in [1.54, 1.807) is 6.92 Å². The standard InChI is InChI=1S/C21H28N2O7S/c1-5-29-21(24)16(11-14-9-7-6-8-10-14)23-19-17(27-2)12-15(13-18(19)28-3)20(22)30-31(4,25)26/h6-10,12-13,16,20,23H,5,11,22H2,1-4H3/t16-,20?/m0/s1. The molecular weight excluding hydrogens is 424 g/mol. The fourth-order valence-corrected chi connectivity index (χ4v) is 3.43. The van der Waals surface area contributed by atoms with E-state index in [0.29, 0.717) is 29.2 Å². The summed E-state index contributed by atoms with van der Waals surface area (Å²) in [6, 6.07) is 11.8. The smallest absolute Gasteiger partial charge is 0.328 e. The minimum absolute atomic E-state index is 0.233. The Hall–Kier alpha value is -2.82. The molecule has 2 rings (SSSR count). The van der Waals surface area contributed by atoms with Crippen LogP contribution in [0.15, 0.2) is 42.5 Å². The summed E-state index contributed by atoms with van der Waals surface area (Å²) in [4.78, 5) is 12.6. The molecule has 170 valence electrons. The average Bonchev–Trinajstić information content (AvgIpc) is 2.72. The Labute approximate surface area is 182 Å². The summed E-state index contributed by atoms with van der Waals surface area (Å²) in [7, 11) is -0.908. The number of nitrogens with one attached hydrogen (secondary N) is 1. The number of methoxy groups -OCH3 is 2. The summed E-state index contributed by atoms with van der Waals surface area (Å²) >= 11 is 0. The van der Waals surface area contributed by atoms with Crippen molar-refractivity contribution in [2.45, 2.75) is 25.6 Å². The third-order valence-corrected chi connectivity index (χ3v) is 4.86. The number of carbonyl (C=O) groups excluding carboxylic acids is 1. The van der Waals surface area contributed by atoms with E-state index in [-0.39, 0.29) is 6.61 Å². The number of anilines is 1. The van der Waals surface area contributed by atoms with Crippen LogP contribution in [-0.2, 0) is 30.3 Å². The van der Waals surface area contributed by atoms with Gasteiger partial charge in [-0.2, -0.15) is 8.42 Å². The van der Waals surface area contributed by atoms with Gasteiger partial charge in [-0.05, 0) is 24.6 Å². The van der Waals surface area contributed by atoms with Crippen molar-refractivity contribution in [2.24, 2.45) is 5.73 Å². The van der Waals surface area contributed by atoms with Crippen molar-refractivity contribution in [3.05, 3.63) is 53.6 Å². The molecule has 10 heteroatoms. The summed E-state index contributed by atoms with van der Waals surface area (Å²) in [5.41, 5.74) is 7.52. The maximum atomic E-state index is 12.6. The van der Waals surface area contributed by atoms with Crippen LogP contribution in [0.5, 0.6) is 11.5 Å². The van der Waals surface area contributed by atoms with Crippen LogP contribution in [0, 0.1) is 0 Å². The van der Waals surface area contributed by atoms with Crippen molar-refractivity contribution < 1.29 is 31.6 Å². The zero-order valence-corrected chi connectivity index (χ0v) is 18.8. The molecule has 2 atom stereocenters. The molecule has 0 aliphatic heterocycles. The molecule has 0 saturated heterocycles. The average molecular weight is 453 g/mol. The van der Waals surface area contributed by atoms with Gasteiger partial charge in [0.2, 0.25) is 0 Å². The third kappa shape index (κ3) is 7.12. The lowest BCUT2D eigenvalue weighted by Crippen LogP contribution is -2.34. The molecule has 3 N–H and O–H groups in total. The third-order valence-electron chi connectivity index (χ3n) is 4.31. The van der Waals surface area contributed by atoms with Crippen LogP contribution in [0.1, 0.15) is 24.3 Å². The Balaban J connectivity index is 2.41. The van der Waals surface area contributed by atoms with Gasteiger partial charge in [0.15, 0.2) is 6.23 Å². The molecule has 9 nitrogen and oxygen atoms in total. The second-order valence-electron chi connectivity index (χ2n) is 6.66. The molecule has 0 aliphatic carbocycles. The minimum Gasteiger partial charge on any atom is -0.494 e. The Morgan fingerprint density at radius 3 is 2.16 bits per heavy atom. The lowest BCUT2D eigenvalue weighted by atomic mass is 10.0. The van der Waals surface area contributed by atoms with Crippen LogP contribution in [0.2, 0.25) is 0 Å². The van der Waals surface area contributed by atoms with Gasteiger partial charge < -0.3 is 25.3 Å². The molecule has 0 bridgehead atoms. The normalized spacial score (nSPS) is 13.2. The topological polar surface area (TPSA) is 126 Å². The number of ether oxygens (including phenoxy) is 3. The molecule has 0 fully saturated rings. The highest BCUT2D eigenvalue weighted by molar-refractivity contribution is 7.86. The molecule has 1 unspecified atom stereocenters. The first-order valence-corrected chi connectivity index (χ1v) is 11.4. The number of hydrogen-bond acceptors (Lipinski definition) is 9. The molecule has 31 heavy (non-hydrogen) atoms. The van der Waals surface area contributed by atoms with Crippen LogP contribution in [0.4, 0.5) is 5.69 Å². The minimum atomic E-state index is -3.78. The summed E-state index contributed by atoms with van der Waals surface area (Å²) in [5, 5.41) is 3.14. The molecule has 0 spiro atoms. The van der Waals surface area contributed by atoms with Gasteiger partial charge in [-0.1, -0.05) is 30.3 Å². The predicted molar refractivity (Wildman–Crippen MR) is 117 cm³/mol. The Morgan fingerprint density at radius 1 is 1.10 bits per heavy atom. The van der Waals surface area contributed by atoms with Gasteiger partial charge in [-0.15, -0.1) is 0 Å². The van der Waals surface area contributed by atoms with Crippen molar-refractivity contribution in [3.8, 4) is 11.5 Å². The highest BCUT2D eigenvalue weighted by atomic mass is 32.2. The fourth-order valence-electron chi connectivity index (χ4n) is 2.94. The van der Waals surface area contributed by atoms with Crippen LogP contribution in [0.3, 0.4) is 0 Å². The predicted octanol–water partition coefficient (Wildman–Crippen LogP) is 2.22. The highest BCUT2D eigenvalue weighted by Crippen LogP contribution is 2.38. The van der Waals surface area contributed by atoms with E-state index in [2.05, 4.69) is 5.32 Å². The van der Waals surface area contributed by atoms with Gasteiger partial charge >= 0.3 is 5.97 Å². The largest absolute Gasteiger partial charge is 0.494 e. The van der Waals surface area contributed by atoms with E-state index in [1.165, 1.54) is 26.4 Å². The molecule has 0 aromatic heterocycles. The van der Waals surface area contributed by atoms with Crippen LogP contribution in [-0.4, -0.2) is 47.5 Å². The van der Waals surface area contributed by atoms with E-state index in [0.717, 1.165) is 11.8 Å². The van der Waals surface area contributed by atoms with Gasteiger partial charge in [-0.3, -0.25) is 0 Å². The summed E-state index contributed by atoms with van der Waals surface area (Å²) in [5.74, 6) is 0.158. The molecule has 2 aromatic rings. The quantitative estimate of drug-likeness (QED) is 0.300. The monoisotopic (exact) mass is 452 g/mol. The van der Waals surface area contributed by atoms with Crippen molar-refractivity contribution in [2.75, 3.05) is 32.4 Å². The fraction of sp³-hybridized carbons (Fsp3) is 0.381. The van der Waals surface area contributed by atoms with E-state index < -0.39 is 28.4 Å². The summed E-state index contributed by atoms with van der Waals surface area (Å²) < 4.78 is 43.8. The maximum absolute atomic E-state index is 12.6. The number of nitrogens with two attached hydrogens (primary N) is 1. The van der Waals surface area contributed by atoms with Crippen LogP contribution in [0.25, 0.3) is 0 Å². The number of carbonyl (C=O) groups is 1. The van der Waals surface area contributed by atoms with Gasteiger partial charge in [0.1, 0.15) is 23.2 Å². The zero-order chi connectivity index (χ0) is 23.0. The lowest BCUT2D eigenvalue weighted by molar-refractivity contribution is -0.144. The van der Waals surface area contributed by atoms with E-state index >= 15 is 0 Å².